The van der Waals surface area contributed by atoms with Crippen LogP contribution in [0.15, 0.2) is 41.8 Å². The highest BCUT2D eigenvalue weighted by Gasteiger charge is 2.43. The first-order chi connectivity index (χ1) is 13.6. The summed E-state index contributed by atoms with van der Waals surface area (Å²) in [6.45, 7) is 4.15. The molecule has 8 heteroatoms. The van der Waals surface area contributed by atoms with E-state index in [0.29, 0.717) is 10.4 Å². The lowest BCUT2D eigenvalue weighted by molar-refractivity contribution is -0.137. The number of hydrogen-bond acceptors (Lipinski definition) is 3. The van der Waals surface area contributed by atoms with E-state index in [-0.39, 0.29) is 30.9 Å². The summed E-state index contributed by atoms with van der Waals surface area (Å²) in [6.07, 6.45) is -4.46. The summed E-state index contributed by atoms with van der Waals surface area (Å²) in [4.78, 5) is 29.6. The molecule has 0 unspecified atom stereocenters. The van der Waals surface area contributed by atoms with Crippen LogP contribution in [0.25, 0.3) is 0 Å². The fourth-order valence-electron chi connectivity index (χ4n) is 3.58. The van der Waals surface area contributed by atoms with Gasteiger partial charge in [-0.25, -0.2) is 0 Å². The summed E-state index contributed by atoms with van der Waals surface area (Å²) in [6, 6.07) is 8.51. The Morgan fingerprint density at radius 3 is 2.48 bits per heavy atom. The number of amides is 2. The fraction of sp³-hybridized carbons (Fsp3) is 0.429. The van der Waals surface area contributed by atoms with Crippen LogP contribution in [0.2, 0.25) is 0 Å². The molecule has 1 fully saturated rings. The Hall–Kier alpha value is -2.35. The summed E-state index contributed by atoms with van der Waals surface area (Å²) >= 11 is 1.31. The third-order valence-electron chi connectivity index (χ3n) is 5.42. The Kier molecular flexibility index (Phi) is 6.03. The smallest absolute Gasteiger partial charge is 0.343 e. The number of likely N-dealkylation sites (tertiary alicyclic amines) is 1. The molecule has 2 heterocycles. The maximum Gasteiger partial charge on any atom is 0.416 e. The van der Waals surface area contributed by atoms with Gasteiger partial charge in [-0.15, -0.1) is 11.3 Å². The number of hydrogen-bond donors (Lipinski definition) is 0. The average molecular weight is 424 g/mol. The molecule has 0 N–H and O–H groups in total. The van der Waals surface area contributed by atoms with Crippen molar-refractivity contribution in [3.63, 3.8) is 0 Å². The highest BCUT2D eigenvalue weighted by atomic mass is 32.1. The van der Waals surface area contributed by atoms with Crippen LogP contribution in [0.4, 0.5) is 13.2 Å². The highest BCUT2D eigenvalue weighted by Crippen LogP contribution is 2.38. The van der Waals surface area contributed by atoms with Gasteiger partial charge in [-0.3, -0.25) is 9.59 Å². The maximum atomic E-state index is 13.2. The van der Waals surface area contributed by atoms with Gasteiger partial charge in [0.1, 0.15) is 0 Å². The second-order valence-corrected chi connectivity index (χ2v) is 8.51. The largest absolute Gasteiger partial charge is 0.416 e. The molecule has 1 aromatic carbocycles. The molecule has 0 saturated carbocycles. The van der Waals surface area contributed by atoms with E-state index in [1.54, 1.807) is 40.4 Å². The molecule has 0 radical (unpaired) electrons. The van der Waals surface area contributed by atoms with Crippen LogP contribution in [0.5, 0.6) is 0 Å². The Morgan fingerprint density at radius 1 is 1.17 bits per heavy atom. The number of benzene rings is 1. The van der Waals surface area contributed by atoms with Gasteiger partial charge >= 0.3 is 6.18 Å². The summed E-state index contributed by atoms with van der Waals surface area (Å²) in [7, 11) is 1.68. The summed E-state index contributed by atoms with van der Waals surface area (Å²) < 4.78 is 39.6. The fourth-order valence-corrected chi connectivity index (χ4v) is 4.27. The van der Waals surface area contributed by atoms with Gasteiger partial charge in [0.2, 0.25) is 5.91 Å². The Labute approximate surface area is 171 Å². The lowest BCUT2D eigenvalue weighted by Gasteiger charge is -2.27. The number of nitrogens with zero attached hydrogens (tertiary/aromatic N) is 2. The van der Waals surface area contributed by atoms with Gasteiger partial charge in [-0.2, -0.15) is 13.2 Å². The SMILES string of the molecule is CC(C)N(C)C(=O)[C@H]1CN(C(=O)c2cccs2)C[C@@H]1c1cccc(C(F)(F)F)c1. The lowest BCUT2D eigenvalue weighted by Crippen LogP contribution is -2.40. The van der Waals surface area contributed by atoms with Crippen LogP contribution in [0, 0.1) is 5.92 Å². The van der Waals surface area contributed by atoms with E-state index in [1.807, 2.05) is 13.8 Å². The van der Waals surface area contributed by atoms with E-state index in [4.69, 9.17) is 0 Å². The first-order valence-electron chi connectivity index (χ1n) is 9.36. The zero-order chi connectivity index (χ0) is 21.3. The zero-order valence-corrected chi connectivity index (χ0v) is 17.3. The molecule has 1 aliphatic heterocycles. The summed E-state index contributed by atoms with van der Waals surface area (Å²) in [5.41, 5.74) is -0.321. The lowest BCUT2D eigenvalue weighted by atomic mass is 9.87. The predicted octanol–water partition coefficient (Wildman–Crippen LogP) is 4.49. The van der Waals surface area contributed by atoms with Gasteiger partial charge in [0.05, 0.1) is 16.4 Å². The van der Waals surface area contributed by atoms with Crippen molar-refractivity contribution in [1.29, 1.82) is 0 Å². The quantitative estimate of drug-likeness (QED) is 0.726. The van der Waals surface area contributed by atoms with Crippen molar-refractivity contribution in [3.05, 3.63) is 57.8 Å². The minimum atomic E-state index is -4.46. The minimum absolute atomic E-state index is 0.0493. The van der Waals surface area contributed by atoms with E-state index in [2.05, 4.69) is 0 Å². The zero-order valence-electron chi connectivity index (χ0n) is 16.4. The predicted molar refractivity (Wildman–Crippen MR) is 106 cm³/mol. The molecule has 0 spiro atoms. The van der Waals surface area contributed by atoms with Gasteiger partial charge in [0.25, 0.3) is 5.91 Å². The number of thiophene rings is 1. The van der Waals surface area contributed by atoms with E-state index in [9.17, 15) is 22.8 Å². The second-order valence-electron chi connectivity index (χ2n) is 7.57. The number of halogens is 3. The molecule has 1 aliphatic rings. The first kappa shape index (κ1) is 21.4. The summed E-state index contributed by atoms with van der Waals surface area (Å²) in [5, 5.41) is 1.79. The van der Waals surface area contributed by atoms with E-state index < -0.39 is 23.6 Å². The number of alkyl halides is 3. The van der Waals surface area contributed by atoms with Crippen LogP contribution < -0.4 is 0 Å². The number of carbonyl (C=O) groups is 2. The van der Waals surface area contributed by atoms with E-state index in [1.165, 1.54) is 17.4 Å². The van der Waals surface area contributed by atoms with Crippen LogP contribution in [-0.4, -0.2) is 47.8 Å². The molecular formula is C21H23F3N2O2S. The third kappa shape index (κ3) is 4.47. The van der Waals surface area contributed by atoms with Gasteiger partial charge in [0, 0.05) is 32.1 Å². The highest BCUT2D eigenvalue weighted by molar-refractivity contribution is 7.12. The molecular weight excluding hydrogens is 401 g/mol. The molecule has 2 amide bonds. The van der Waals surface area contributed by atoms with Gasteiger partial charge in [-0.1, -0.05) is 24.3 Å². The Morgan fingerprint density at radius 2 is 1.90 bits per heavy atom. The minimum Gasteiger partial charge on any atom is -0.343 e. The van der Waals surface area contributed by atoms with Gasteiger partial charge in [0.15, 0.2) is 0 Å². The monoisotopic (exact) mass is 424 g/mol. The van der Waals surface area contributed by atoms with Crippen molar-refractivity contribution in [3.8, 4) is 0 Å². The van der Waals surface area contributed by atoms with Crippen molar-refractivity contribution < 1.29 is 22.8 Å². The van der Waals surface area contributed by atoms with Crippen molar-refractivity contribution >= 4 is 23.2 Å². The Bertz CT molecular complexity index is 880. The molecule has 2 atom stereocenters. The van der Waals surface area contributed by atoms with E-state index in [0.717, 1.165) is 12.1 Å². The normalized spacial score (nSPS) is 19.6. The van der Waals surface area contributed by atoms with Crippen LogP contribution in [0.3, 0.4) is 0 Å². The van der Waals surface area contributed by atoms with Crippen LogP contribution in [0.1, 0.15) is 40.6 Å². The van der Waals surface area contributed by atoms with Crippen molar-refractivity contribution in [2.45, 2.75) is 32.0 Å². The topological polar surface area (TPSA) is 40.6 Å². The van der Waals surface area contributed by atoms with Gasteiger partial charge < -0.3 is 9.80 Å². The standard InChI is InChI=1S/C21H23F3N2O2S/c1-13(2)25(3)19(27)17-12-26(20(28)18-8-5-9-29-18)11-16(17)14-6-4-7-15(10-14)21(22,23)24/h4-10,13,16-17H,11-12H2,1-3H3/t16-,17+/m1/s1. The maximum absolute atomic E-state index is 13.2. The second kappa shape index (κ2) is 8.18. The first-order valence-corrected chi connectivity index (χ1v) is 10.2. The summed E-state index contributed by atoms with van der Waals surface area (Å²) in [5.74, 6) is -1.44. The molecule has 0 aliphatic carbocycles. The molecule has 1 saturated heterocycles. The molecule has 1 aromatic heterocycles. The average Bonchev–Trinajstić information content (AvgIpc) is 3.35. The Balaban J connectivity index is 1.95. The molecule has 4 nitrogen and oxygen atoms in total. The molecule has 2 aromatic rings. The van der Waals surface area contributed by atoms with Crippen LogP contribution in [-0.2, 0) is 11.0 Å². The molecule has 29 heavy (non-hydrogen) atoms. The number of rotatable bonds is 4. The number of carbonyl (C=O) groups excluding carboxylic acids is 2. The third-order valence-corrected chi connectivity index (χ3v) is 6.28. The van der Waals surface area contributed by atoms with Crippen molar-refractivity contribution in [2.24, 2.45) is 5.92 Å². The van der Waals surface area contributed by atoms with Crippen LogP contribution >= 0.6 is 11.3 Å². The van der Waals surface area contributed by atoms with Crippen molar-refractivity contribution in [1.82, 2.24) is 9.80 Å². The van der Waals surface area contributed by atoms with Gasteiger partial charge in [-0.05, 0) is 36.9 Å². The van der Waals surface area contributed by atoms with Crippen molar-refractivity contribution in [2.75, 3.05) is 20.1 Å². The molecule has 3 rings (SSSR count). The molecule has 0 bridgehead atoms. The van der Waals surface area contributed by atoms with E-state index >= 15 is 0 Å². The molecule has 156 valence electrons.